The number of nitriles is 1. The summed E-state index contributed by atoms with van der Waals surface area (Å²) >= 11 is 10.4. The highest BCUT2D eigenvalue weighted by Crippen LogP contribution is 2.03. The average Bonchev–Trinajstić information content (AvgIpc) is 1.84. The van der Waals surface area contributed by atoms with Crippen LogP contribution in [0, 0.1) is 11.3 Å². The van der Waals surface area contributed by atoms with Crippen LogP contribution in [0.25, 0.3) is 0 Å². The number of nitrogens with two attached hydrogens (primary N) is 1. The van der Waals surface area contributed by atoms with Gasteiger partial charge in [0.2, 0.25) is 0 Å². The molecule has 0 atom stereocenters. The van der Waals surface area contributed by atoms with Crippen LogP contribution in [0.4, 0.5) is 0 Å². The highest BCUT2D eigenvalue weighted by Gasteiger charge is 1.93. The first-order valence-corrected chi connectivity index (χ1v) is 2.73. The van der Waals surface area contributed by atoms with Crippen LogP contribution in [0.3, 0.4) is 0 Å². The summed E-state index contributed by atoms with van der Waals surface area (Å²) in [7, 11) is 0. The van der Waals surface area contributed by atoms with Crippen molar-refractivity contribution in [3.63, 3.8) is 0 Å². The summed E-state index contributed by atoms with van der Waals surface area (Å²) in [5.41, 5.74) is 5.34. The molecule has 2 N–H and O–H groups in total. The highest BCUT2D eigenvalue weighted by molar-refractivity contribution is 6.33. The minimum absolute atomic E-state index is 0.0278. The maximum Gasteiger partial charge on any atom is 0.138 e. The maximum absolute atomic E-state index is 8.06. The van der Waals surface area contributed by atoms with Gasteiger partial charge < -0.3 is 5.73 Å². The zero-order chi connectivity index (χ0) is 6.57. The van der Waals surface area contributed by atoms with E-state index in [9.17, 15) is 0 Å². The van der Waals surface area contributed by atoms with E-state index in [1.54, 1.807) is 6.07 Å². The second kappa shape index (κ2) is 3.59. The van der Waals surface area contributed by atoms with Crippen LogP contribution in [0.5, 0.6) is 0 Å². The maximum atomic E-state index is 8.06. The van der Waals surface area contributed by atoms with Crippen molar-refractivity contribution < 1.29 is 0 Å². The summed E-state index contributed by atoms with van der Waals surface area (Å²) in [6, 6.07) is 1.65. The van der Waals surface area contributed by atoms with Crippen LogP contribution in [0.1, 0.15) is 0 Å². The van der Waals surface area contributed by atoms with Gasteiger partial charge in [-0.15, -0.1) is 11.6 Å². The van der Waals surface area contributed by atoms with Gasteiger partial charge in [-0.3, -0.25) is 0 Å². The van der Waals surface area contributed by atoms with E-state index in [-0.39, 0.29) is 16.6 Å². The fourth-order valence-corrected chi connectivity index (χ4v) is 0.399. The molecule has 0 unspecified atom stereocenters. The molecule has 0 heterocycles. The molecule has 0 bridgehead atoms. The Balaban J connectivity index is 4.10. The molecule has 0 aromatic carbocycles. The van der Waals surface area contributed by atoms with Crippen LogP contribution in [-0.4, -0.2) is 5.88 Å². The molecule has 0 fully saturated rings. The van der Waals surface area contributed by atoms with Crippen LogP contribution in [-0.2, 0) is 0 Å². The molecule has 44 valence electrons. The van der Waals surface area contributed by atoms with Crippen LogP contribution >= 0.6 is 23.2 Å². The van der Waals surface area contributed by atoms with Crippen molar-refractivity contribution in [1.82, 2.24) is 0 Å². The Morgan fingerprint density at radius 3 is 2.38 bits per heavy atom. The van der Waals surface area contributed by atoms with E-state index in [0.717, 1.165) is 0 Å². The van der Waals surface area contributed by atoms with Gasteiger partial charge in [0.1, 0.15) is 11.1 Å². The summed E-state index contributed by atoms with van der Waals surface area (Å²) in [6.45, 7) is 0. The Kier molecular flexibility index (Phi) is 3.42. The number of alkyl halides is 1. The topological polar surface area (TPSA) is 49.8 Å². The first-order valence-electron chi connectivity index (χ1n) is 1.82. The predicted octanol–water partition coefficient (Wildman–Crippen LogP) is 1.16. The molecular weight excluding hydrogens is 147 g/mol. The van der Waals surface area contributed by atoms with Gasteiger partial charge in [-0.05, 0) is 0 Å². The number of rotatable bonds is 1. The fourth-order valence-electron chi connectivity index (χ4n) is 0.130. The molecule has 0 spiro atoms. The Morgan fingerprint density at radius 2 is 2.25 bits per heavy atom. The van der Waals surface area contributed by atoms with Crippen molar-refractivity contribution in [3.05, 3.63) is 10.7 Å². The SMILES string of the molecule is N#C/C(Cl)=C(\N)CCl. The molecule has 0 amide bonds. The van der Waals surface area contributed by atoms with E-state index < -0.39 is 0 Å². The molecule has 8 heavy (non-hydrogen) atoms. The molecule has 0 aliphatic heterocycles. The number of hydrogen-bond donors (Lipinski definition) is 1. The lowest BCUT2D eigenvalue weighted by Crippen LogP contribution is -1.99. The third kappa shape index (κ3) is 2.06. The second-order valence-electron chi connectivity index (χ2n) is 1.08. The average molecular weight is 151 g/mol. The summed E-state index contributed by atoms with van der Waals surface area (Å²) < 4.78 is 0. The van der Waals surface area contributed by atoms with Gasteiger partial charge in [-0.2, -0.15) is 5.26 Å². The van der Waals surface area contributed by atoms with Gasteiger partial charge in [0.05, 0.1) is 11.6 Å². The van der Waals surface area contributed by atoms with Crippen LogP contribution < -0.4 is 5.73 Å². The molecule has 0 aromatic heterocycles. The Labute approximate surface area is 57.5 Å². The van der Waals surface area contributed by atoms with Crippen molar-refractivity contribution in [3.8, 4) is 6.07 Å². The van der Waals surface area contributed by atoms with E-state index in [2.05, 4.69) is 0 Å². The lowest BCUT2D eigenvalue weighted by Gasteiger charge is -1.89. The zero-order valence-electron chi connectivity index (χ0n) is 3.99. The van der Waals surface area contributed by atoms with Gasteiger partial charge in [0, 0.05) is 0 Å². The number of hydrogen-bond acceptors (Lipinski definition) is 2. The van der Waals surface area contributed by atoms with Crippen molar-refractivity contribution in [2.75, 3.05) is 5.88 Å². The lowest BCUT2D eigenvalue weighted by atomic mass is 10.5. The zero-order valence-corrected chi connectivity index (χ0v) is 5.50. The van der Waals surface area contributed by atoms with E-state index >= 15 is 0 Å². The quantitative estimate of drug-likeness (QED) is 0.451. The summed E-state index contributed by atoms with van der Waals surface area (Å²) in [6.07, 6.45) is 0. The van der Waals surface area contributed by atoms with Gasteiger partial charge in [-0.25, -0.2) is 0 Å². The Bertz CT molecular complexity index is 145. The van der Waals surface area contributed by atoms with Crippen molar-refractivity contribution >= 4 is 23.2 Å². The van der Waals surface area contributed by atoms with Gasteiger partial charge in [-0.1, -0.05) is 11.6 Å². The van der Waals surface area contributed by atoms with Crippen molar-refractivity contribution in [1.29, 1.82) is 5.26 Å². The number of allylic oxidation sites excluding steroid dienone is 2. The molecule has 0 aromatic rings. The van der Waals surface area contributed by atoms with E-state index in [0.29, 0.717) is 0 Å². The molecule has 0 saturated carbocycles. The largest absolute Gasteiger partial charge is 0.399 e. The van der Waals surface area contributed by atoms with Gasteiger partial charge in [0.15, 0.2) is 0 Å². The summed E-state index contributed by atoms with van der Waals surface area (Å²) in [5, 5.41) is 8.03. The standard InChI is InChI=1S/C4H4Cl2N2/c5-1-4(8)3(6)2-7/h1,8H2/b4-3+. The van der Waals surface area contributed by atoms with E-state index in [1.165, 1.54) is 0 Å². The Morgan fingerprint density at radius 1 is 1.75 bits per heavy atom. The smallest absolute Gasteiger partial charge is 0.138 e. The lowest BCUT2D eigenvalue weighted by molar-refractivity contribution is 1.31. The third-order valence-corrected chi connectivity index (χ3v) is 1.14. The monoisotopic (exact) mass is 150 g/mol. The normalized spacial score (nSPS) is 12.1. The number of halogens is 2. The third-order valence-electron chi connectivity index (χ3n) is 0.524. The van der Waals surface area contributed by atoms with E-state index in [1.807, 2.05) is 0 Å². The fraction of sp³-hybridized carbons (Fsp3) is 0.250. The first kappa shape index (κ1) is 7.61. The minimum atomic E-state index is -0.0278. The van der Waals surface area contributed by atoms with Crippen molar-refractivity contribution in [2.45, 2.75) is 0 Å². The molecule has 2 nitrogen and oxygen atoms in total. The van der Waals surface area contributed by atoms with E-state index in [4.69, 9.17) is 34.2 Å². The Hall–Kier alpha value is -0.390. The summed E-state index contributed by atoms with van der Waals surface area (Å²) in [5.74, 6) is 0.104. The van der Waals surface area contributed by atoms with Crippen molar-refractivity contribution in [2.24, 2.45) is 5.73 Å². The molecule has 0 aliphatic carbocycles. The second-order valence-corrected chi connectivity index (χ2v) is 1.73. The first-order chi connectivity index (χ1) is 3.72. The minimum Gasteiger partial charge on any atom is -0.399 e. The number of nitrogens with zero attached hydrogens (tertiary/aromatic N) is 1. The highest BCUT2D eigenvalue weighted by atomic mass is 35.5. The molecular formula is C4H4Cl2N2. The molecule has 0 saturated heterocycles. The summed E-state index contributed by atoms with van der Waals surface area (Å²) in [4.78, 5) is 0. The van der Waals surface area contributed by atoms with Gasteiger partial charge >= 0.3 is 0 Å². The van der Waals surface area contributed by atoms with Crippen LogP contribution in [0.15, 0.2) is 10.7 Å². The molecule has 0 aliphatic rings. The molecule has 0 radical (unpaired) electrons. The van der Waals surface area contributed by atoms with Gasteiger partial charge in [0.25, 0.3) is 0 Å². The molecule has 0 rings (SSSR count). The molecule has 4 heteroatoms. The predicted molar refractivity (Wildman–Crippen MR) is 33.4 cm³/mol. The van der Waals surface area contributed by atoms with Crippen LogP contribution in [0.2, 0.25) is 0 Å².